The van der Waals surface area contributed by atoms with Crippen LogP contribution in [0.3, 0.4) is 0 Å². The van der Waals surface area contributed by atoms with Crippen molar-refractivity contribution in [2.45, 2.75) is 19.8 Å². The van der Waals surface area contributed by atoms with E-state index >= 15 is 0 Å². The first-order chi connectivity index (χ1) is 8.16. The summed E-state index contributed by atoms with van der Waals surface area (Å²) in [5.74, 6) is 4.43. The first-order valence-electron chi connectivity index (χ1n) is 5.47. The number of aromatic nitrogens is 2. The van der Waals surface area contributed by atoms with Crippen molar-refractivity contribution in [1.82, 2.24) is 9.55 Å². The lowest BCUT2D eigenvalue weighted by atomic mass is 10.2. The SMILES string of the molecule is CC(C)c1nccn1C#Cc1ccc(Cl)cc1. The van der Waals surface area contributed by atoms with Gasteiger partial charge in [0.25, 0.3) is 0 Å². The summed E-state index contributed by atoms with van der Waals surface area (Å²) in [6.45, 7) is 4.20. The molecule has 0 aliphatic heterocycles. The van der Waals surface area contributed by atoms with E-state index < -0.39 is 0 Å². The predicted octanol–water partition coefficient (Wildman–Crippen LogP) is 3.52. The lowest BCUT2D eigenvalue weighted by Gasteiger charge is -2.02. The molecule has 0 aliphatic carbocycles. The summed E-state index contributed by atoms with van der Waals surface area (Å²) in [5.41, 5.74) is 0.942. The van der Waals surface area contributed by atoms with Gasteiger partial charge >= 0.3 is 0 Å². The van der Waals surface area contributed by atoms with E-state index in [1.54, 1.807) is 6.20 Å². The summed E-state index contributed by atoms with van der Waals surface area (Å²) in [5, 5.41) is 0.723. The minimum Gasteiger partial charge on any atom is -0.262 e. The highest BCUT2D eigenvalue weighted by molar-refractivity contribution is 6.30. The molecule has 0 bridgehead atoms. The van der Waals surface area contributed by atoms with Crippen molar-refractivity contribution in [2.24, 2.45) is 0 Å². The lowest BCUT2D eigenvalue weighted by Crippen LogP contribution is -1.99. The zero-order valence-electron chi connectivity index (χ0n) is 9.81. The minimum absolute atomic E-state index is 0.365. The van der Waals surface area contributed by atoms with Crippen LogP contribution >= 0.6 is 11.6 Å². The molecule has 0 atom stereocenters. The van der Waals surface area contributed by atoms with Gasteiger partial charge in [-0.2, -0.15) is 0 Å². The second kappa shape index (κ2) is 5.07. The molecule has 1 heterocycles. The highest BCUT2D eigenvalue weighted by Gasteiger charge is 2.04. The second-order valence-electron chi connectivity index (χ2n) is 4.05. The van der Waals surface area contributed by atoms with Crippen LogP contribution in [0, 0.1) is 12.0 Å². The molecule has 17 heavy (non-hydrogen) atoms. The molecule has 0 saturated carbocycles. The fraction of sp³-hybridized carbons (Fsp3) is 0.214. The second-order valence-corrected chi connectivity index (χ2v) is 4.49. The van der Waals surface area contributed by atoms with E-state index in [2.05, 4.69) is 30.8 Å². The molecule has 1 aromatic carbocycles. The normalized spacial score (nSPS) is 10.1. The van der Waals surface area contributed by atoms with Crippen LogP contribution in [0.2, 0.25) is 5.02 Å². The standard InChI is InChI=1S/C14H13ClN2/c1-11(2)14-16-8-10-17(14)9-7-12-3-5-13(15)6-4-12/h3-6,8,10-11H,1-2H3. The lowest BCUT2D eigenvalue weighted by molar-refractivity contribution is 0.760. The van der Waals surface area contributed by atoms with E-state index in [1.165, 1.54) is 0 Å². The van der Waals surface area contributed by atoms with Crippen LogP contribution in [-0.4, -0.2) is 9.55 Å². The average molecular weight is 245 g/mol. The maximum Gasteiger partial charge on any atom is 0.122 e. The topological polar surface area (TPSA) is 17.8 Å². The smallest absolute Gasteiger partial charge is 0.122 e. The molecule has 2 nitrogen and oxygen atoms in total. The quantitative estimate of drug-likeness (QED) is 0.702. The molecule has 0 amide bonds. The monoisotopic (exact) mass is 244 g/mol. The maximum absolute atomic E-state index is 5.81. The van der Waals surface area contributed by atoms with Gasteiger partial charge in [0.15, 0.2) is 0 Å². The van der Waals surface area contributed by atoms with Gasteiger partial charge in [0.2, 0.25) is 0 Å². The molecule has 1 aromatic heterocycles. The van der Waals surface area contributed by atoms with Crippen molar-refractivity contribution in [3.8, 4) is 12.0 Å². The molecule has 0 unspecified atom stereocenters. The summed E-state index contributed by atoms with van der Waals surface area (Å²) in [7, 11) is 0. The zero-order chi connectivity index (χ0) is 12.3. The Hall–Kier alpha value is -1.72. The number of rotatable bonds is 1. The van der Waals surface area contributed by atoms with Gasteiger partial charge in [0.05, 0.1) is 0 Å². The Morgan fingerprint density at radius 1 is 1.24 bits per heavy atom. The summed E-state index contributed by atoms with van der Waals surface area (Å²) >= 11 is 5.81. The van der Waals surface area contributed by atoms with Gasteiger partial charge in [-0.3, -0.25) is 4.57 Å². The number of nitrogens with zero attached hydrogens (tertiary/aromatic N) is 2. The Bertz CT molecular complexity index is 556. The Kier molecular flexibility index (Phi) is 3.51. The van der Waals surface area contributed by atoms with E-state index in [9.17, 15) is 0 Å². The fourth-order valence-electron chi connectivity index (χ4n) is 1.49. The summed E-state index contributed by atoms with van der Waals surface area (Å²) in [4.78, 5) is 4.28. The largest absolute Gasteiger partial charge is 0.262 e. The van der Waals surface area contributed by atoms with Crippen molar-refractivity contribution < 1.29 is 0 Å². The van der Waals surface area contributed by atoms with Gasteiger partial charge in [-0.1, -0.05) is 25.4 Å². The van der Waals surface area contributed by atoms with Crippen molar-refractivity contribution in [1.29, 1.82) is 0 Å². The van der Waals surface area contributed by atoms with Gasteiger partial charge in [-0.25, -0.2) is 4.98 Å². The minimum atomic E-state index is 0.365. The Morgan fingerprint density at radius 2 is 1.94 bits per heavy atom. The predicted molar refractivity (Wildman–Crippen MR) is 70.0 cm³/mol. The Labute approximate surface area is 106 Å². The Balaban J connectivity index is 2.27. The van der Waals surface area contributed by atoms with Crippen molar-refractivity contribution >= 4 is 11.6 Å². The first kappa shape index (κ1) is 11.8. The van der Waals surface area contributed by atoms with Gasteiger partial charge in [-0.05, 0) is 30.2 Å². The number of hydrogen-bond acceptors (Lipinski definition) is 1. The summed E-state index contributed by atoms with van der Waals surface area (Å²) in [6, 6.07) is 10.6. The molecular weight excluding hydrogens is 232 g/mol. The van der Waals surface area contributed by atoms with Gasteiger partial charge in [0.1, 0.15) is 5.82 Å². The van der Waals surface area contributed by atoms with Crippen molar-refractivity contribution in [3.63, 3.8) is 0 Å². The van der Waals surface area contributed by atoms with Crippen LogP contribution in [-0.2, 0) is 0 Å². The third-order valence-corrected chi connectivity index (χ3v) is 2.60. The van der Waals surface area contributed by atoms with E-state index in [0.717, 1.165) is 16.4 Å². The molecule has 86 valence electrons. The third kappa shape index (κ3) is 2.89. The van der Waals surface area contributed by atoms with Crippen LogP contribution in [0.5, 0.6) is 0 Å². The fourth-order valence-corrected chi connectivity index (χ4v) is 1.62. The third-order valence-electron chi connectivity index (χ3n) is 2.35. The van der Waals surface area contributed by atoms with E-state index in [0.29, 0.717) is 5.92 Å². The molecule has 0 radical (unpaired) electrons. The van der Waals surface area contributed by atoms with E-state index in [1.807, 2.05) is 35.0 Å². The molecule has 0 saturated heterocycles. The van der Waals surface area contributed by atoms with Crippen LogP contribution in [0.25, 0.3) is 0 Å². The van der Waals surface area contributed by atoms with E-state index in [4.69, 9.17) is 11.6 Å². The number of imidazole rings is 1. The maximum atomic E-state index is 5.81. The molecule has 2 aromatic rings. The number of benzene rings is 1. The van der Waals surface area contributed by atoms with Gasteiger partial charge in [0, 0.05) is 34.9 Å². The summed E-state index contributed by atoms with van der Waals surface area (Å²) in [6.07, 6.45) is 3.64. The van der Waals surface area contributed by atoms with Crippen LogP contribution in [0.4, 0.5) is 0 Å². The molecule has 2 rings (SSSR count). The highest BCUT2D eigenvalue weighted by Crippen LogP contribution is 2.11. The first-order valence-corrected chi connectivity index (χ1v) is 5.85. The van der Waals surface area contributed by atoms with Crippen LogP contribution in [0.15, 0.2) is 36.7 Å². The number of halogens is 1. The van der Waals surface area contributed by atoms with Gasteiger partial charge < -0.3 is 0 Å². The molecule has 3 heteroatoms. The Morgan fingerprint density at radius 3 is 2.59 bits per heavy atom. The van der Waals surface area contributed by atoms with Crippen LogP contribution in [0.1, 0.15) is 31.2 Å². The molecule has 0 spiro atoms. The van der Waals surface area contributed by atoms with E-state index in [-0.39, 0.29) is 0 Å². The van der Waals surface area contributed by atoms with Crippen molar-refractivity contribution in [2.75, 3.05) is 0 Å². The molecule has 0 N–H and O–H groups in total. The zero-order valence-corrected chi connectivity index (χ0v) is 10.6. The molecule has 0 aliphatic rings. The molecular formula is C14H13ClN2. The van der Waals surface area contributed by atoms with Gasteiger partial charge in [-0.15, -0.1) is 0 Å². The highest BCUT2D eigenvalue weighted by atomic mass is 35.5. The van der Waals surface area contributed by atoms with Crippen molar-refractivity contribution in [3.05, 3.63) is 53.1 Å². The summed E-state index contributed by atoms with van der Waals surface area (Å²) < 4.78 is 1.86. The molecule has 0 fully saturated rings. The van der Waals surface area contributed by atoms with Crippen LogP contribution < -0.4 is 0 Å². The number of hydrogen-bond donors (Lipinski definition) is 0. The average Bonchev–Trinajstić information content (AvgIpc) is 2.76.